The van der Waals surface area contributed by atoms with E-state index in [1.807, 2.05) is 6.07 Å². The minimum Gasteiger partial charge on any atom is -0.445 e. The molecule has 0 radical (unpaired) electrons. The van der Waals surface area contributed by atoms with Gasteiger partial charge in [-0.1, -0.05) is 24.3 Å². The number of aromatic nitrogens is 3. The molecule has 6 nitrogen and oxygen atoms in total. The van der Waals surface area contributed by atoms with Gasteiger partial charge in [0.15, 0.2) is 5.89 Å². The number of halogens is 2. The summed E-state index contributed by atoms with van der Waals surface area (Å²) in [5.41, 5.74) is 1.85. The Morgan fingerprint density at radius 3 is 2.88 bits per heavy atom. The predicted molar refractivity (Wildman–Crippen MR) is 118 cm³/mol. The topological polar surface area (TPSA) is 75.0 Å². The van der Waals surface area contributed by atoms with Crippen molar-refractivity contribution in [3.8, 4) is 11.3 Å². The van der Waals surface area contributed by atoms with Gasteiger partial charge in [0.05, 0.1) is 17.8 Å². The molecule has 4 aromatic rings. The highest BCUT2D eigenvalue weighted by atomic mass is 19.1. The standard InChI is InChI=1S/C25H22F2N4O2/c26-18-7-3-5-16(11-18)12-19-14-28-24(33-19)17-6-4-10-31(15-17)25(32)23-13-22(29-30-23)20-8-1-2-9-21(20)27/h1-3,5,7-9,11,13-14,17H,4,6,10,12,15H2,(H,29,30). The fourth-order valence-corrected chi connectivity index (χ4v) is 4.21. The molecule has 1 N–H and O–H groups in total. The highest BCUT2D eigenvalue weighted by Crippen LogP contribution is 2.29. The minimum atomic E-state index is -0.390. The van der Waals surface area contributed by atoms with E-state index in [0.29, 0.717) is 48.1 Å². The molecule has 168 valence electrons. The fraction of sp³-hybridized carbons (Fsp3) is 0.240. The molecule has 1 amide bonds. The monoisotopic (exact) mass is 448 g/mol. The van der Waals surface area contributed by atoms with Crippen LogP contribution in [0.4, 0.5) is 8.78 Å². The molecule has 33 heavy (non-hydrogen) atoms. The third-order valence-electron chi connectivity index (χ3n) is 5.85. The lowest BCUT2D eigenvalue weighted by molar-refractivity contribution is 0.0692. The molecule has 1 unspecified atom stereocenters. The summed E-state index contributed by atoms with van der Waals surface area (Å²) in [6.07, 6.45) is 3.78. The fourth-order valence-electron chi connectivity index (χ4n) is 4.21. The summed E-state index contributed by atoms with van der Waals surface area (Å²) in [5, 5.41) is 6.86. The number of hydrogen-bond donors (Lipinski definition) is 1. The number of hydrogen-bond acceptors (Lipinski definition) is 4. The van der Waals surface area contributed by atoms with Gasteiger partial charge in [0, 0.05) is 25.1 Å². The first-order valence-electron chi connectivity index (χ1n) is 10.9. The molecule has 1 aliphatic rings. The van der Waals surface area contributed by atoms with Crippen molar-refractivity contribution in [1.29, 1.82) is 0 Å². The van der Waals surface area contributed by atoms with E-state index in [0.717, 1.165) is 18.4 Å². The zero-order valence-corrected chi connectivity index (χ0v) is 17.8. The largest absolute Gasteiger partial charge is 0.445 e. The number of benzene rings is 2. The third-order valence-corrected chi connectivity index (χ3v) is 5.85. The van der Waals surface area contributed by atoms with E-state index in [1.165, 1.54) is 18.2 Å². The van der Waals surface area contributed by atoms with E-state index in [2.05, 4.69) is 15.2 Å². The Hall–Kier alpha value is -3.81. The first-order chi connectivity index (χ1) is 16.1. The zero-order chi connectivity index (χ0) is 22.8. The summed E-state index contributed by atoms with van der Waals surface area (Å²) in [7, 11) is 0. The van der Waals surface area contributed by atoms with E-state index in [-0.39, 0.29) is 23.5 Å². The highest BCUT2D eigenvalue weighted by Gasteiger charge is 2.29. The number of amides is 1. The van der Waals surface area contributed by atoms with E-state index in [9.17, 15) is 13.6 Å². The molecule has 0 spiro atoms. The van der Waals surface area contributed by atoms with Gasteiger partial charge < -0.3 is 9.32 Å². The van der Waals surface area contributed by atoms with Crippen LogP contribution in [0.2, 0.25) is 0 Å². The van der Waals surface area contributed by atoms with Crippen LogP contribution in [-0.4, -0.2) is 39.1 Å². The van der Waals surface area contributed by atoms with Crippen LogP contribution < -0.4 is 0 Å². The first-order valence-corrected chi connectivity index (χ1v) is 10.9. The quantitative estimate of drug-likeness (QED) is 0.469. The molecule has 3 heterocycles. The maximum Gasteiger partial charge on any atom is 0.271 e. The van der Waals surface area contributed by atoms with Crippen molar-refractivity contribution < 1.29 is 18.0 Å². The molecular weight excluding hydrogens is 426 g/mol. The van der Waals surface area contributed by atoms with E-state index in [4.69, 9.17) is 4.42 Å². The van der Waals surface area contributed by atoms with Crippen LogP contribution >= 0.6 is 0 Å². The second-order valence-electron chi connectivity index (χ2n) is 8.21. The lowest BCUT2D eigenvalue weighted by Crippen LogP contribution is -2.39. The molecule has 8 heteroatoms. The van der Waals surface area contributed by atoms with Crippen molar-refractivity contribution in [3.63, 3.8) is 0 Å². The van der Waals surface area contributed by atoms with Crippen molar-refractivity contribution in [2.45, 2.75) is 25.2 Å². The van der Waals surface area contributed by atoms with Gasteiger partial charge in [-0.25, -0.2) is 13.8 Å². The Morgan fingerprint density at radius 1 is 1.15 bits per heavy atom. The minimum absolute atomic E-state index is 0.0297. The number of rotatable bonds is 5. The summed E-state index contributed by atoms with van der Waals surface area (Å²) in [6, 6.07) is 14.3. The molecule has 2 aromatic heterocycles. The number of nitrogens with one attached hydrogen (secondary N) is 1. The molecule has 0 aliphatic carbocycles. The van der Waals surface area contributed by atoms with Gasteiger partial charge in [-0.3, -0.25) is 9.89 Å². The number of piperidine rings is 1. The van der Waals surface area contributed by atoms with Crippen LogP contribution in [0.5, 0.6) is 0 Å². The van der Waals surface area contributed by atoms with Gasteiger partial charge in [0.25, 0.3) is 5.91 Å². The molecular formula is C25H22F2N4O2. The predicted octanol–water partition coefficient (Wildman–Crippen LogP) is 4.95. The molecule has 1 fully saturated rings. The Labute approximate surface area is 189 Å². The van der Waals surface area contributed by atoms with Crippen molar-refractivity contribution in [1.82, 2.24) is 20.1 Å². The smallest absolute Gasteiger partial charge is 0.271 e. The maximum atomic E-state index is 14.1. The van der Waals surface area contributed by atoms with Crippen LogP contribution in [-0.2, 0) is 6.42 Å². The number of nitrogens with zero attached hydrogens (tertiary/aromatic N) is 3. The normalized spacial score (nSPS) is 16.2. The van der Waals surface area contributed by atoms with Gasteiger partial charge in [-0.05, 0) is 48.7 Å². The maximum absolute atomic E-state index is 14.1. The number of oxazole rings is 1. The lowest BCUT2D eigenvalue weighted by atomic mass is 9.97. The summed E-state index contributed by atoms with van der Waals surface area (Å²) in [4.78, 5) is 19.2. The summed E-state index contributed by atoms with van der Waals surface area (Å²) < 4.78 is 33.4. The second kappa shape index (κ2) is 8.97. The van der Waals surface area contributed by atoms with Gasteiger partial charge in [0.2, 0.25) is 0 Å². The highest BCUT2D eigenvalue weighted by molar-refractivity contribution is 5.93. The SMILES string of the molecule is O=C(c1cc(-c2ccccc2F)n[nH]1)N1CCCC(c2ncc(Cc3cccc(F)c3)o2)C1. The Bertz CT molecular complexity index is 1280. The van der Waals surface area contributed by atoms with E-state index < -0.39 is 0 Å². The van der Waals surface area contributed by atoms with Crippen LogP contribution in [0, 0.1) is 11.6 Å². The van der Waals surface area contributed by atoms with Gasteiger partial charge >= 0.3 is 0 Å². The Kier molecular flexibility index (Phi) is 5.73. The average Bonchev–Trinajstić information content (AvgIpc) is 3.49. The first kappa shape index (κ1) is 21.1. The molecule has 2 aromatic carbocycles. The Balaban J connectivity index is 1.27. The molecule has 1 aliphatic heterocycles. The summed E-state index contributed by atoms with van der Waals surface area (Å²) in [6.45, 7) is 1.08. The summed E-state index contributed by atoms with van der Waals surface area (Å²) >= 11 is 0. The molecule has 0 saturated carbocycles. The number of aromatic amines is 1. The van der Waals surface area contributed by atoms with Crippen LogP contribution in [0.15, 0.2) is 65.2 Å². The van der Waals surface area contributed by atoms with E-state index >= 15 is 0 Å². The van der Waals surface area contributed by atoms with Gasteiger partial charge in [0.1, 0.15) is 23.1 Å². The third kappa shape index (κ3) is 4.55. The molecule has 1 atom stereocenters. The molecule has 1 saturated heterocycles. The lowest BCUT2D eigenvalue weighted by Gasteiger charge is -2.30. The van der Waals surface area contributed by atoms with Crippen molar-refractivity contribution in [3.05, 3.63) is 95.3 Å². The number of carbonyl (C=O) groups is 1. The van der Waals surface area contributed by atoms with Gasteiger partial charge in [-0.2, -0.15) is 5.10 Å². The number of H-pyrrole nitrogens is 1. The molecule has 0 bridgehead atoms. The number of carbonyl (C=O) groups excluding carboxylic acids is 1. The van der Waals surface area contributed by atoms with Crippen molar-refractivity contribution >= 4 is 5.91 Å². The van der Waals surface area contributed by atoms with Crippen LogP contribution in [0.1, 0.15) is 46.5 Å². The Morgan fingerprint density at radius 2 is 2.03 bits per heavy atom. The summed E-state index contributed by atoms with van der Waals surface area (Å²) in [5.74, 6) is 0.335. The number of likely N-dealkylation sites (tertiary alicyclic amines) is 1. The van der Waals surface area contributed by atoms with Crippen molar-refractivity contribution in [2.24, 2.45) is 0 Å². The second-order valence-corrected chi connectivity index (χ2v) is 8.21. The van der Waals surface area contributed by atoms with Crippen LogP contribution in [0.3, 0.4) is 0 Å². The molecule has 5 rings (SSSR count). The zero-order valence-electron chi connectivity index (χ0n) is 17.8. The van der Waals surface area contributed by atoms with E-state index in [1.54, 1.807) is 41.4 Å². The van der Waals surface area contributed by atoms with Crippen molar-refractivity contribution in [2.75, 3.05) is 13.1 Å². The van der Waals surface area contributed by atoms with Crippen LogP contribution in [0.25, 0.3) is 11.3 Å². The average molecular weight is 448 g/mol. The van der Waals surface area contributed by atoms with Gasteiger partial charge in [-0.15, -0.1) is 0 Å².